The highest BCUT2D eigenvalue weighted by Crippen LogP contribution is 2.19. The summed E-state index contributed by atoms with van der Waals surface area (Å²) < 4.78 is 0. The second-order valence-corrected chi connectivity index (χ2v) is 5.10. The fourth-order valence-electron chi connectivity index (χ4n) is 1.52. The molecule has 1 aromatic heterocycles. The molecule has 2 heterocycles. The van der Waals surface area contributed by atoms with Crippen molar-refractivity contribution < 1.29 is 4.79 Å². The number of hydrogen-bond acceptors (Lipinski definition) is 4. The average molecular weight is 258 g/mol. The van der Waals surface area contributed by atoms with Crippen molar-refractivity contribution in [2.75, 3.05) is 30.3 Å². The molecule has 0 radical (unpaired) electrons. The second kappa shape index (κ2) is 4.93. The van der Waals surface area contributed by atoms with E-state index < -0.39 is 0 Å². The summed E-state index contributed by atoms with van der Waals surface area (Å²) in [5, 5.41) is 0.359. The van der Waals surface area contributed by atoms with Gasteiger partial charge in [0.2, 0.25) is 0 Å². The molecule has 0 bridgehead atoms. The van der Waals surface area contributed by atoms with Crippen molar-refractivity contribution in [2.45, 2.75) is 0 Å². The maximum Gasteiger partial charge on any atom is 0.274 e. The van der Waals surface area contributed by atoms with Crippen LogP contribution in [0.1, 0.15) is 10.5 Å². The molecule has 1 aliphatic rings. The molecular formula is C10H12ClN3OS. The summed E-state index contributed by atoms with van der Waals surface area (Å²) in [5.74, 6) is 2.12. The van der Waals surface area contributed by atoms with Gasteiger partial charge in [-0.15, -0.1) is 0 Å². The Morgan fingerprint density at radius 1 is 1.44 bits per heavy atom. The molecule has 0 saturated carbocycles. The van der Waals surface area contributed by atoms with Gasteiger partial charge in [-0.05, 0) is 12.1 Å². The lowest BCUT2D eigenvalue weighted by atomic mass is 10.3. The smallest absolute Gasteiger partial charge is 0.274 e. The van der Waals surface area contributed by atoms with Crippen LogP contribution in [0.3, 0.4) is 0 Å². The van der Waals surface area contributed by atoms with Crippen LogP contribution in [0, 0.1) is 0 Å². The van der Waals surface area contributed by atoms with Crippen molar-refractivity contribution in [1.29, 1.82) is 0 Å². The first-order valence-corrected chi connectivity index (χ1v) is 6.51. The van der Waals surface area contributed by atoms with Crippen LogP contribution in [0.5, 0.6) is 0 Å². The number of nitrogens with two attached hydrogens (primary N) is 1. The Kier molecular flexibility index (Phi) is 3.56. The van der Waals surface area contributed by atoms with Crippen LogP contribution in [-0.2, 0) is 0 Å². The van der Waals surface area contributed by atoms with Crippen molar-refractivity contribution in [3.63, 3.8) is 0 Å². The van der Waals surface area contributed by atoms with Crippen LogP contribution >= 0.6 is 23.4 Å². The van der Waals surface area contributed by atoms with Gasteiger partial charge in [-0.2, -0.15) is 11.8 Å². The SMILES string of the molecule is Nc1ccc(Cl)c(C(=O)N2CCSCC2)n1. The van der Waals surface area contributed by atoms with E-state index in [0.717, 1.165) is 24.6 Å². The fraction of sp³-hybridized carbons (Fsp3) is 0.400. The first kappa shape index (κ1) is 11.5. The minimum atomic E-state index is -0.127. The zero-order valence-electron chi connectivity index (χ0n) is 8.65. The number of carbonyl (C=O) groups excluding carboxylic acids is 1. The van der Waals surface area contributed by atoms with E-state index in [9.17, 15) is 4.79 Å². The summed E-state index contributed by atoms with van der Waals surface area (Å²) in [6.45, 7) is 1.49. The lowest BCUT2D eigenvalue weighted by Crippen LogP contribution is -2.38. The van der Waals surface area contributed by atoms with Gasteiger partial charge in [0.25, 0.3) is 5.91 Å². The summed E-state index contributed by atoms with van der Waals surface area (Å²) in [7, 11) is 0. The number of nitrogens with zero attached hydrogens (tertiary/aromatic N) is 2. The monoisotopic (exact) mass is 257 g/mol. The molecule has 16 heavy (non-hydrogen) atoms. The van der Waals surface area contributed by atoms with Gasteiger partial charge in [0.1, 0.15) is 11.5 Å². The lowest BCUT2D eigenvalue weighted by molar-refractivity contribution is 0.0767. The lowest BCUT2D eigenvalue weighted by Gasteiger charge is -2.26. The highest BCUT2D eigenvalue weighted by Gasteiger charge is 2.21. The predicted molar refractivity (Wildman–Crippen MR) is 66.9 cm³/mol. The highest BCUT2D eigenvalue weighted by atomic mass is 35.5. The summed E-state index contributed by atoms with van der Waals surface area (Å²) >= 11 is 7.79. The number of rotatable bonds is 1. The molecule has 0 spiro atoms. The number of carbonyl (C=O) groups is 1. The van der Waals surface area contributed by atoms with Crippen LogP contribution in [-0.4, -0.2) is 40.4 Å². The normalized spacial score (nSPS) is 16.2. The van der Waals surface area contributed by atoms with E-state index in [0.29, 0.717) is 10.8 Å². The Morgan fingerprint density at radius 3 is 2.81 bits per heavy atom. The van der Waals surface area contributed by atoms with Crippen molar-refractivity contribution in [2.24, 2.45) is 0 Å². The predicted octanol–water partition coefficient (Wildman–Crippen LogP) is 1.51. The quantitative estimate of drug-likeness (QED) is 0.829. The third-order valence-electron chi connectivity index (χ3n) is 2.37. The van der Waals surface area contributed by atoms with Crippen LogP contribution in [0.25, 0.3) is 0 Å². The molecule has 1 amide bonds. The van der Waals surface area contributed by atoms with Crippen LogP contribution in [0.4, 0.5) is 5.82 Å². The summed E-state index contributed by atoms with van der Waals surface area (Å²) in [4.78, 5) is 17.9. The number of anilines is 1. The molecule has 6 heteroatoms. The number of amides is 1. The molecule has 86 valence electrons. The minimum Gasteiger partial charge on any atom is -0.384 e. The van der Waals surface area contributed by atoms with Gasteiger partial charge in [0.15, 0.2) is 0 Å². The maximum atomic E-state index is 12.1. The average Bonchev–Trinajstić information content (AvgIpc) is 2.32. The van der Waals surface area contributed by atoms with Crippen molar-refractivity contribution in [3.05, 3.63) is 22.8 Å². The first-order valence-electron chi connectivity index (χ1n) is 4.97. The second-order valence-electron chi connectivity index (χ2n) is 3.47. The van der Waals surface area contributed by atoms with Crippen LogP contribution in [0.15, 0.2) is 12.1 Å². The van der Waals surface area contributed by atoms with Gasteiger partial charge in [0, 0.05) is 24.6 Å². The van der Waals surface area contributed by atoms with Crippen molar-refractivity contribution in [3.8, 4) is 0 Å². The third-order valence-corrected chi connectivity index (χ3v) is 3.62. The number of thioether (sulfide) groups is 1. The topological polar surface area (TPSA) is 59.2 Å². The Morgan fingerprint density at radius 2 is 2.12 bits per heavy atom. The Bertz CT molecular complexity index is 407. The minimum absolute atomic E-state index is 0.127. The number of hydrogen-bond donors (Lipinski definition) is 1. The zero-order chi connectivity index (χ0) is 11.5. The molecule has 1 aromatic rings. The number of nitrogen functional groups attached to an aromatic ring is 1. The van der Waals surface area contributed by atoms with E-state index >= 15 is 0 Å². The zero-order valence-corrected chi connectivity index (χ0v) is 10.2. The third kappa shape index (κ3) is 2.41. The van der Waals surface area contributed by atoms with Crippen LogP contribution in [0.2, 0.25) is 5.02 Å². The van der Waals surface area contributed by atoms with E-state index in [1.165, 1.54) is 0 Å². The molecule has 2 N–H and O–H groups in total. The number of pyridine rings is 1. The van der Waals surface area contributed by atoms with Gasteiger partial charge >= 0.3 is 0 Å². The van der Waals surface area contributed by atoms with Gasteiger partial charge in [0.05, 0.1) is 5.02 Å². The largest absolute Gasteiger partial charge is 0.384 e. The molecule has 2 rings (SSSR count). The Balaban J connectivity index is 2.22. The first-order chi connectivity index (χ1) is 7.68. The van der Waals surface area contributed by atoms with Crippen LogP contribution < -0.4 is 5.73 Å². The van der Waals surface area contributed by atoms with Gasteiger partial charge in [-0.3, -0.25) is 4.79 Å². The number of aromatic nitrogens is 1. The summed E-state index contributed by atoms with van der Waals surface area (Å²) in [6.07, 6.45) is 0. The molecule has 0 atom stereocenters. The molecule has 1 aliphatic heterocycles. The van der Waals surface area contributed by atoms with Crippen molar-refractivity contribution >= 4 is 35.1 Å². The fourth-order valence-corrected chi connectivity index (χ4v) is 2.61. The Labute approximate surface area is 103 Å². The van der Waals surface area contributed by atoms with E-state index in [2.05, 4.69) is 4.98 Å². The molecule has 1 fully saturated rings. The van der Waals surface area contributed by atoms with E-state index in [-0.39, 0.29) is 11.6 Å². The molecule has 0 unspecified atom stereocenters. The molecule has 0 aliphatic carbocycles. The van der Waals surface area contributed by atoms with Gasteiger partial charge in [-0.25, -0.2) is 4.98 Å². The summed E-state index contributed by atoms with van der Waals surface area (Å²) in [6, 6.07) is 3.20. The molecule has 1 saturated heterocycles. The molecular weight excluding hydrogens is 246 g/mol. The summed E-state index contributed by atoms with van der Waals surface area (Å²) in [5.41, 5.74) is 5.81. The maximum absolute atomic E-state index is 12.1. The standard InChI is InChI=1S/C10H12ClN3OS/c11-7-1-2-8(12)13-9(7)10(15)14-3-5-16-6-4-14/h1-2H,3-6H2,(H2,12,13). The van der Waals surface area contributed by atoms with E-state index in [1.54, 1.807) is 17.0 Å². The van der Waals surface area contributed by atoms with Gasteiger partial charge in [-0.1, -0.05) is 11.6 Å². The number of halogens is 1. The van der Waals surface area contributed by atoms with E-state index in [4.69, 9.17) is 17.3 Å². The van der Waals surface area contributed by atoms with E-state index in [1.807, 2.05) is 11.8 Å². The highest BCUT2D eigenvalue weighted by molar-refractivity contribution is 7.99. The Hall–Kier alpha value is -0.940. The molecule has 4 nitrogen and oxygen atoms in total. The van der Waals surface area contributed by atoms with Gasteiger partial charge < -0.3 is 10.6 Å². The molecule has 0 aromatic carbocycles. The van der Waals surface area contributed by atoms with Crippen molar-refractivity contribution in [1.82, 2.24) is 9.88 Å².